The van der Waals surface area contributed by atoms with E-state index in [-0.39, 0.29) is 28.6 Å². The number of Topliss-reactive ketones (excluding diaryl/α,β-unsaturated/α-hetero) is 1. The van der Waals surface area contributed by atoms with Crippen LogP contribution in [0.25, 0.3) is 0 Å². The number of nitrogens with zero attached hydrogens (tertiary/aromatic N) is 1. The number of carbonyl (C=O) groups is 2. The lowest BCUT2D eigenvalue weighted by atomic mass is 10.0. The Morgan fingerprint density at radius 3 is 2.53 bits per heavy atom. The molecule has 3 aromatic rings. The number of H-pyrrole nitrogens is 1. The number of amides is 1. The van der Waals surface area contributed by atoms with Gasteiger partial charge in [-0.25, -0.2) is 8.42 Å². The molecule has 0 fully saturated rings. The molecular formula is C21H20N4O4S. The highest BCUT2D eigenvalue weighted by Gasteiger charge is 2.38. The Morgan fingerprint density at radius 2 is 1.83 bits per heavy atom. The van der Waals surface area contributed by atoms with Crippen LogP contribution in [0.5, 0.6) is 0 Å². The van der Waals surface area contributed by atoms with Gasteiger partial charge in [-0.05, 0) is 37.6 Å². The molecule has 0 aliphatic carbocycles. The van der Waals surface area contributed by atoms with E-state index in [1.54, 1.807) is 42.5 Å². The molecule has 9 heteroatoms. The molecule has 30 heavy (non-hydrogen) atoms. The fourth-order valence-corrected chi connectivity index (χ4v) is 5.23. The average molecular weight is 424 g/mol. The van der Waals surface area contributed by atoms with Crippen molar-refractivity contribution >= 4 is 27.3 Å². The Kier molecular flexibility index (Phi) is 5.00. The van der Waals surface area contributed by atoms with Crippen LogP contribution in [-0.4, -0.2) is 30.3 Å². The van der Waals surface area contributed by atoms with Gasteiger partial charge in [0.2, 0.25) is 0 Å². The number of carbonyl (C=O) groups excluding carboxylic acids is 2. The highest BCUT2D eigenvalue weighted by Crippen LogP contribution is 2.35. The molecule has 1 aliphatic rings. The number of aromatic nitrogens is 2. The molecular weight excluding hydrogens is 404 g/mol. The van der Waals surface area contributed by atoms with E-state index in [2.05, 4.69) is 20.8 Å². The van der Waals surface area contributed by atoms with Crippen LogP contribution >= 0.6 is 0 Å². The SMILES string of the molecule is CC(=O)c1ccccc1C(=O)Nc1n[nH]c2c1CNC2S(=O)(=O)c1cccc(C)c1. The highest BCUT2D eigenvalue weighted by molar-refractivity contribution is 7.91. The molecule has 1 unspecified atom stereocenters. The lowest BCUT2D eigenvalue weighted by Crippen LogP contribution is -2.23. The summed E-state index contributed by atoms with van der Waals surface area (Å²) in [6.45, 7) is 3.45. The van der Waals surface area contributed by atoms with Crippen molar-refractivity contribution in [3.63, 3.8) is 0 Å². The molecule has 1 aliphatic heterocycles. The van der Waals surface area contributed by atoms with Gasteiger partial charge in [0, 0.05) is 17.7 Å². The predicted octanol–water partition coefficient (Wildman–Crippen LogP) is 2.75. The minimum atomic E-state index is -3.70. The smallest absolute Gasteiger partial charge is 0.257 e. The number of rotatable bonds is 5. The third-order valence-electron chi connectivity index (χ3n) is 5.04. The average Bonchev–Trinajstić information content (AvgIpc) is 3.31. The Hall–Kier alpha value is -3.30. The summed E-state index contributed by atoms with van der Waals surface area (Å²) in [5.74, 6) is -0.470. The number of aryl methyl sites for hydroxylation is 1. The quantitative estimate of drug-likeness (QED) is 0.542. The standard InChI is InChI=1S/C21H20N4O4S/c1-12-6-5-7-14(10-12)30(28,29)21-18-17(11-22-21)19(25-24-18)23-20(27)16-9-4-3-8-15(16)13(2)26/h3-10,21-22H,11H2,1-2H3,(H2,23,24,25,27). The second kappa shape index (κ2) is 7.51. The second-order valence-electron chi connectivity index (χ2n) is 7.14. The van der Waals surface area contributed by atoms with Gasteiger partial charge in [-0.1, -0.05) is 30.3 Å². The minimum absolute atomic E-state index is 0.212. The molecule has 1 atom stereocenters. The summed E-state index contributed by atoms with van der Waals surface area (Å²) in [5, 5.41) is 11.5. The minimum Gasteiger partial charge on any atom is -0.305 e. The molecule has 3 N–H and O–H groups in total. The van der Waals surface area contributed by atoms with E-state index in [1.807, 2.05) is 13.0 Å². The molecule has 0 saturated heterocycles. The fraction of sp³-hybridized carbons (Fsp3) is 0.190. The van der Waals surface area contributed by atoms with Crippen LogP contribution in [0.3, 0.4) is 0 Å². The molecule has 154 valence electrons. The number of sulfone groups is 1. The summed E-state index contributed by atoms with van der Waals surface area (Å²) < 4.78 is 26.2. The van der Waals surface area contributed by atoms with Crippen LogP contribution in [0.1, 0.15) is 49.8 Å². The number of ketones is 1. The first kappa shape index (κ1) is 20.0. The maximum atomic E-state index is 13.1. The summed E-state index contributed by atoms with van der Waals surface area (Å²) in [7, 11) is -3.70. The third-order valence-corrected chi connectivity index (χ3v) is 6.97. The van der Waals surface area contributed by atoms with Crippen molar-refractivity contribution in [2.45, 2.75) is 30.7 Å². The van der Waals surface area contributed by atoms with Crippen molar-refractivity contribution in [3.8, 4) is 0 Å². The molecule has 0 spiro atoms. The first-order valence-corrected chi connectivity index (χ1v) is 10.9. The van der Waals surface area contributed by atoms with E-state index in [1.165, 1.54) is 6.92 Å². The molecule has 2 heterocycles. The van der Waals surface area contributed by atoms with E-state index in [0.717, 1.165) is 5.56 Å². The summed E-state index contributed by atoms with van der Waals surface area (Å²) in [5.41, 5.74) is 2.35. The number of nitrogens with one attached hydrogen (secondary N) is 3. The van der Waals surface area contributed by atoms with Gasteiger partial charge < -0.3 is 5.32 Å². The van der Waals surface area contributed by atoms with Gasteiger partial charge in [-0.15, -0.1) is 0 Å². The first-order valence-electron chi connectivity index (χ1n) is 9.31. The van der Waals surface area contributed by atoms with Gasteiger partial charge in [0.15, 0.2) is 26.8 Å². The molecule has 0 bridgehead atoms. The predicted molar refractivity (Wildman–Crippen MR) is 111 cm³/mol. The zero-order valence-corrected chi connectivity index (χ0v) is 17.2. The molecule has 1 amide bonds. The highest BCUT2D eigenvalue weighted by atomic mass is 32.2. The summed E-state index contributed by atoms with van der Waals surface area (Å²) >= 11 is 0. The Labute approximate surface area is 173 Å². The second-order valence-corrected chi connectivity index (χ2v) is 9.18. The van der Waals surface area contributed by atoms with Gasteiger partial charge in [-0.2, -0.15) is 5.10 Å². The largest absolute Gasteiger partial charge is 0.305 e. The van der Waals surface area contributed by atoms with Crippen LogP contribution in [0, 0.1) is 6.92 Å². The van der Waals surface area contributed by atoms with E-state index < -0.39 is 21.1 Å². The van der Waals surface area contributed by atoms with Crippen molar-refractivity contribution in [3.05, 3.63) is 76.5 Å². The number of benzene rings is 2. The fourth-order valence-electron chi connectivity index (χ4n) is 3.53. The van der Waals surface area contributed by atoms with Gasteiger partial charge >= 0.3 is 0 Å². The topological polar surface area (TPSA) is 121 Å². The van der Waals surface area contributed by atoms with Crippen molar-refractivity contribution in [2.24, 2.45) is 0 Å². The Bertz CT molecular complexity index is 1260. The number of fused-ring (bicyclic) bond motifs is 1. The molecule has 8 nitrogen and oxygen atoms in total. The molecule has 2 aromatic carbocycles. The first-order chi connectivity index (χ1) is 14.3. The maximum absolute atomic E-state index is 13.1. The van der Waals surface area contributed by atoms with Crippen LogP contribution in [0.4, 0.5) is 5.82 Å². The molecule has 0 saturated carbocycles. The normalized spacial score (nSPS) is 15.6. The van der Waals surface area contributed by atoms with Crippen LogP contribution in [-0.2, 0) is 16.4 Å². The number of aromatic amines is 1. The zero-order valence-electron chi connectivity index (χ0n) is 16.4. The van der Waals surface area contributed by atoms with Crippen LogP contribution < -0.4 is 10.6 Å². The number of hydrogen-bond donors (Lipinski definition) is 3. The third kappa shape index (κ3) is 3.42. The van der Waals surface area contributed by atoms with Crippen molar-refractivity contribution in [1.82, 2.24) is 15.5 Å². The zero-order chi connectivity index (χ0) is 21.5. The Balaban J connectivity index is 1.63. The van der Waals surface area contributed by atoms with E-state index in [0.29, 0.717) is 16.8 Å². The maximum Gasteiger partial charge on any atom is 0.257 e. The lowest BCUT2D eigenvalue weighted by Gasteiger charge is -2.12. The van der Waals surface area contributed by atoms with Crippen LogP contribution in [0.2, 0.25) is 0 Å². The molecule has 4 rings (SSSR count). The lowest BCUT2D eigenvalue weighted by molar-refractivity contribution is 0.0985. The van der Waals surface area contributed by atoms with Crippen molar-refractivity contribution < 1.29 is 18.0 Å². The van der Waals surface area contributed by atoms with Gasteiger partial charge in [0.25, 0.3) is 5.91 Å². The van der Waals surface area contributed by atoms with Crippen molar-refractivity contribution in [2.75, 3.05) is 5.32 Å². The van der Waals surface area contributed by atoms with Gasteiger partial charge in [-0.3, -0.25) is 20.0 Å². The van der Waals surface area contributed by atoms with Crippen LogP contribution in [0.15, 0.2) is 53.4 Å². The molecule has 0 radical (unpaired) electrons. The number of anilines is 1. The van der Waals surface area contributed by atoms with Gasteiger partial charge in [0.05, 0.1) is 16.2 Å². The summed E-state index contributed by atoms with van der Waals surface area (Å²) in [4.78, 5) is 24.7. The number of hydrogen-bond acceptors (Lipinski definition) is 6. The molecule has 1 aromatic heterocycles. The Morgan fingerprint density at radius 1 is 1.10 bits per heavy atom. The summed E-state index contributed by atoms with van der Waals surface area (Å²) in [6, 6.07) is 13.2. The van der Waals surface area contributed by atoms with Crippen molar-refractivity contribution in [1.29, 1.82) is 0 Å². The van der Waals surface area contributed by atoms with E-state index in [4.69, 9.17) is 0 Å². The monoisotopic (exact) mass is 424 g/mol. The summed E-state index contributed by atoms with van der Waals surface area (Å²) in [6.07, 6.45) is 0. The van der Waals surface area contributed by atoms with E-state index in [9.17, 15) is 18.0 Å². The van der Waals surface area contributed by atoms with E-state index >= 15 is 0 Å². The van der Waals surface area contributed by atoms with Gasteiger partial charge in [0.1, 0.15) is 0 Å².